The van der Waals surface area contributed by atoms with Crippen molar-refractivity contribution in [3.05, 3.63) is 53.6 Å². The van der Waals surface area contributed by atoms with Crippen LogP contribution in [0.4, 0.5) is 11.4 Å². The first kappa shape index (κ1) is 22.6. The summed E-state index contributed by atoms with van der Waals surface area (Å²) in [6.07, 6.45) is 0. The molecule has 1 fully saturated rings. The molecule has 0 unspecified atom stereocenters. The molecular weight excluding hydrogens is 440 g/mol. The number of sulfonamides is 1. The number of halogens is 1. The molecular formula is C20H21ClN6O3S. The maximum absolute atomic E-state index is 12.5. The summed E-state index contributed by atoms with van der Waals surface area (Å²) in [4.78, 5) is 16.2. The first-order valence-electron chi connectivity index (χ1n) is 9.38. The van der Waals surface area contributed by atoms with Crippen LogP contribution in [0.3, 0.4) is 0 Å². The summed E-state index contributed by atoms with van der Waals surface area (Å²) in [6.45, 7) is 2.53. The minimum absolute atomic E-state index is 0.0380. The smallest absolute Gasteiger partial charge is 0.285 e. The number of nitrogens with one attached hydrogen (secondary N) is 2. The van der Waals surface area contributed by atoms with Gasteiger partial charge >= 0.3 is 0 Å². The lowest BCUT2D eigenvalue weighted by molar-refractivity contribution is -0.125. The maximum Gasteiger partial charge on any atom is 0.285 e. The fourth-order valence-electron chi connectivity index (χ4n) is 2.88. The first-order valence-corrected chi connectivity index (χ1v) is 11.2. The lowest BCUT2D eigenvalue weighted by Crippen LogP contribution is -2.49. The molecule has 1 amide bonds. The van der Waals surface area contributed by atoms with E-state index in [0.29, 0.717) is 29.5 Å². The normalized spacial score (nSPS) is 15.3. The zero-order valence-corrected chi connectivity index (χ0v) is 18.3. The number of benzene rings is 2. The Morgan fingerprint density at radius 3 is 2.39 bits per heavy atom. The molecule has 0 saturated carbocycles. The Labute approximate surface area is 186 Å². The van der Waals surface area contributed by atoms with Gasteiger partial charge in [0.2, 0.25) is 5.71 Å². The molecule has 1 aliphatic heterocycles. The second-order valence-corrected chi connectivity index (χ2v) is 9.04. The molecule has 11 heteroatoms. The number of nitriles is 1. The average molecular weight is 461 g/mol. The van der Waals surface area contributed by atoms with Crippen molar-refractivity contribution in [2.24, 2.45) is 5.10 Å². The summed E-state index contributed by atoms with van der Waals surface area (Å²) in [5.41, 5.74) is 3.15. The summed E-state index contributed by atoms with van der Waals surface area (Å²) in [7, 11) is -1.84. The average Bonchev–Trinajstić information content (AvgIpc) is 2.74. The Morgan fingerprint density at radius 1 is 1.10 bits per heavy atom. The van der Waals surface area contributed by atoms with Crippen molar-refractivity contribution in [3.63, 3.8) is 0 Å². The van der Waals surface area contributed by atoms with Gasteiger partial charge < -0.3 is 9.80 Å². The summed E-state index contributed by atoms with van der Waals surface area (Å²) >= 11 is 5.88. The van der Waals surface area contributed by atoms with Gasteiger partial charge in [-0.2, -0.15) is 10.4 Å². The van der Waals surface area contributed by atoms with Crippen LogP contribution in [0.2, 0.25) is 5.02 Å². The van der Waals surface area contributed by atoms with Crippen LogP contribution in [-0.4, -0.2) is 63.1 Å². The largest absolute Gasteiger partial charge is 0.334 e. The van der Waals surface area contributed by atoms with E-state index in [0.717, 1.165) is 13.1 Å². The fraction of sp³-hybridized carbons (Fsp3) is 0.250. The van der Waals surface area contributed by atoms with Crippen LogP contribution >= 0.6 is 11.6 Å². The van der Waals surface area contributed by atoms with Crippen molar-refractivity contribution in [3.8, 4) is 6.07 Å². The predicted octanol–water partition coefficient (Wildman–Crippen LogP) is 2.21. The Balaban J connectivity index is 1.66. The number of carbonyl (C=O) groups is 1. The van der Waals surface area contributed by atoms with E-state index in [9.17, 15) is 18.5 Å². The number of nitrogens with zero attached hydrogens (tertiary/aromatic N) is 4. The molecule has 1 aliphatic rings. The van der Waals surface area contributed by atoms with Crippen LogP contribution in [0, 0.1) is 11.3 Å². The molecule has 1 heterocycles. The number of likely N-dealkylation sites (N-methyl/N-ethyl adjacent to an activating group) is 1. The molecule has 1 saturated heterocycles. The quantitative estimate of drug-likeness (QED) is 0.504. The second kappa shape index (κ2) is 9.78. The molecule has 2 aromatic rings. The van der Waals surface area contributed by atoms with Crippen LogP contribution in [0.5, 0.6) is 0 Å². The molecule has 0 bridgehead atoms. The lowest BCUT2D eigenvalue weighted by atomic mass is 10.3. The minimum Gasteiger partial charge on any atom is -0.334 e. The number of rotatable bonds is 6. The second-order valence-electron chi connectivity index (χ2n) is 6.92. The van der Waals surface area contributed by atoms with Gasteiger partial charge in [-0.3, -0.25) is 14.9 Å². The van der Waals surface area contributed by atoms with Gasteiger partial charge in [0.15, 0.2) is 0 Å². The van der Waals surface area contributed by atoms with E-state index in [1.165, 1.54) is 30.3 Å². The summed E-state index contributed by atoms with van der Waals surface area (Å²) < 4.78 is 27.5. The summed E-state index contributed by atoms with van der Waals surface area (Å²) in [5.74, 6) is -0.437. The summed E-state index contributed by atoms with van der Waals surface area (Å²) in [5, 5.41) is 13.6. The van der Waals surface area contributed by atoms with Crippen LogP contribution in [0.15, 0.2) is 58.5 Å². The molecule has 31 heavy (non-hydrogen) atoms. The minimum atomic E-state index is -3.80. The Kier molecular flexibility index (Phi) is 7.12. The standard InChI is InChI=1S/C20H21ClN6O3S/c1-26-9-11-27(12-10-26)20(28)19(14-22)24-23-16-5-7-18(8-6-16)31(29,30)25-17-4-2-3-15(21)13-17/h2-8,13,23,25H,9-12H2,1H3/b24-19+. The third kappa shape index (κ3) is 5.95. The van der Waals surface area contributed by atoms with Gasteiger partial charge in [-0.15, -0.1) is 0 Å². The lowest BCUT2D eigenvalue weighted by Gasteiger charge is -2.31. The molecule has 0 aromatic heterocycles. The van der Waals surface area contributed by atoms with E-state index >= 15 is 0 Å². The van der Waals surface area contributed by atoms with E-state index in [2.05, 4.69) is 20.1 Å². The van der Waals surface area contributed by atoms with Gasteiger partial charge in [0.1, 0.15) is 6.07 Å². The van der Waals surface area contributed by atoms with E-state index in [-0.39, 0.29) is 10.6 Å². The number of hydrogen-bond donors (Lipinski definition) is 2. The highest BCUT2D eigenvalue weighted by molar-refractivity contribution is 7.92. The van der Waals surface area contributed by atoms with E-state index in [4.69, 9.17) is 11.6 Å². The monoisotopic (exact) mass is 460 g/mol. The SMILES string of the molecule is CN1CCN(C(=O)/C(C#N)=N/Nc2ccc(S(=O)(=O)Nc3cccc(Cl)c3)cc2)CC1. The fourth-order valence-corrected chi connectivity index (χ4v) is 4.11. The third-order valence-electron chi connectivity index (χ3n) is 4.64. The van der Waals surface area contributed by atoms with Gasteiger partial charge in [0.25, 0.3) is 15.9 Å². The zero-order chi connectivity index (χ0) is 22.4. The molecule has 0 aliphatic carbocycles. The van der Waals surface area contributed by atoms with Crippen molar-refractivity contribution < 1.29 is 13.2 Å². The molecule has 0 atom stereocenters. The van der Waals surface area contributed by atoms with Crippen LogP contribution < -0.4 is 10.1 Å². The highest BCUT2D eigenvalue weighted by Crippen LogP contribution is 2.20. The number of hydrazone groups is 1. The molecule has 3 rings (SSSR count). The van der Waals surface area contributed by atoms with Gasteiger partial charge in [0.05, 0.1) is 16.3 Å². The van der Waals surface area contributed by atoms with Gasteiger partial charge in [-0.1, -0.05) is 17.7 Å². The van der Waals surface area contributed by atoms with Gasteiger partial charge in [0, 0.05) is 31.2 Å². The maximum atomic E-state index is 12.5. The number of carbonyl (C=O) groups excluding carboxylic acids is 1. The highest BCUT2D eigenvalue weighted by Gasteiger charge is 2.23. The number of amides is 1. The van der Waals surface area contributed by atoms with Crippen molar-refractivity contribution in [1.29, 1.82) is 5.26 Å². The number of anilines is 2. The first-order chi connectivity index (χ1) is 14.8. The highest BCUT2D eigenvalue weighted by atomic mass is 35.5. The van der Waals surface area contributed by atoms with Crippen molar-refractivity contribution >= 4 is 44.6 Å². The van der Waals surface area contributed by atoms with Crippen molar-refractivity contribution in [1.82, 2.24) is 9.80 Å². The van der Waals surface area contributed by atoms with Crippen molar-refractivity contribution in [2.75, 3.05) is 43.4 Å². The molecule has 9 nitrogen and oxygen atoms in total. The molecule has 2 aromatic carbocycles. The molecule has 2 N–H and O–H groups in total. The topological polar surface area (TPSA) is 118 Å². The molecule has 0 spiro atoms. The van der Waals surface area contributed by atoms with Gasteiger partial charge in [-0.05, 0) is 49.5 Å². The van der Waals surface area contributed by atoms with Crippen LogP contribution in [0.1, 0.15) is 0 Å². The Hall–Kier alpha value is -3.13. The number of hydrogen-bond acceptors (Lipinski definition) is 7. The zero-order valence-electron chi connectivity index (χ0n) is 16.7. The molecule has 0 radical (unpaired) electrons. The van der Waals surface area contributed by atoms with E-state index in [1.54, 1.807) is 23.1 Å². The predicted molar refractivity (Wildman–Crippen MR) is 119 cm³/mol. The summed E-state index contributed by atoms with van der Waals surface area (Å²) in [6, 6.07) is 14.0. The van der Waals surface area contributed by atoms with Crippen molar-refractivity contribution in [2.45, 2.75) is 4.90 Å². The third-order valence-corrected chi connectivity index (χ3v) is 6.27. The van der Waals surface area contributed by atoms with E-state index < -0.39 is 15.9 Å². The Morgan fingerprint density at radius 2 is 1.77 bits per heavy atom. The Bertz CT molecular complexity index is 1120. The molecule has 162 valence electrons. The van der Waals surface area contributed by atoms with E-state index in [1.807, 2.05) is 13.1 Å². The number of piperazine rings is 1. The van der Waals surface area contributed by atoms with Crippen LogP contribution in [0.25, 0.3) is 0 Å². The van der Waals surface area contributed by atoms with Gasteiger partial charge in [-0.25, -0.2) is 8.42 Å². The van der Waals surface area contributed by atoms with Crippen LogP contribution in [-0.2, 0) is 14.8 Å².